The van der Waals surface area contributed by atoms with Gasteiger partial charge in [0.2, 0.25) is 5.91 Å². The van der Waals surface area contributed by atoms with Crippen LogP contribution < -0.4 is 5.73 Å². The monoisotopic (exact) mass is 184 g/mol. The smallest absolute Gasteiger partial charge is 0.236 e. The summed E-state index contributed by atoms with van der Waals surface area (Å²) in [6.45, 7) is 3.64. The molecule has 2 rings (SSSR count). The minimum absolute atomic E-state index is 0.0788. The van der Waals surface area contributed by atoms with E-state index in [0.717, 1.165) is 39.1 Å². The number of carbonyl (C=O) groups excluding carboxylic acids is 1. The first-order chi connectivity index (χ1) is 6.26. The highest BCUT2D eigenvalue weighted by atomic mass is 16.5. The van der Waals surface area contributed by atoms with Crippen LogP contribution in [-0.2, 0) is 9.53 Å². The Morgan fingerprint density at radius 3 is 2.38 bits per heavy atom. The zero-order chi connectivity index (χ0) is 9.31. The molecule has 2 aliphatic rings. The van der Waals surface area contributed by atoms with Crippen LogP contribution in [-0.4, -0.2) is 43.7 Å². The molecule has 1 spiro atoms. The van der Waals surface area contributed by atoms with Crippen molar-refractivity contribution in [2.75, 3.05) is 32.8 Å². The second-order valence-corrected chi connectivity index (χ2v) is 4.08. The highest BCUT2D eigenvalue weighted by molar-refractivity contribution is 5.78. The van der Waals surface area contributed by atoms with Crippen molar-refractivity contribution in [1.82, 2.24) is 4.90 Å². The molecule has 0 saturated carbocycles. The number of carbonyl (C=O) groups is 1. The summed E-state index contributed by atoms with van der Waals surface area (Å²) in [5, 5.41) is 0. The lowest BCUT2D eigenvalue weighted by molar-refractivity contribution is -0.152. The first-order valence-electron chi connectivity index (χ1n) is 4.81. The lowest BCUT2D eigenvalue weighted by Crippen LogP contribution is -2.52. The molecule has 4 nitrogen and oxygen atoms in total. The molecule has 2 aliphatic heterocycles. The number of likely N-dealkylation sites (tertiary alicyclic amines) is 1. The van der Waals surface area contributed by atoms with Gasteiger partial charge in [-0.15, -0.1) is 0 Å². The van der Waals surface area contributed by atoms with Gasteiger partial charge in [-0.05, 0) is 12.8 Å². The number of amides is 1. The number of hydrogen-bond donors (Lipinski definition) is 1. The normalized spacial score (nSPS) is 25.8. The van der Waals surface area contributed by atoms with Crippen molar-refractivity contribution in [1.29, 1.82) is 0 Å². The summed E-state index contributed by atoms with van der Waals surface area (Å²) in [6.07, 6.45) is 2.16. The van der Waals surface area contributed by atoms with E-state index in [0.29, 0.717) is 5.41 Å². The van der Waals surface area contributed by atoms with E-state index in [1.807, 2.05) is 4.90 Å². The Morgan fingerprint density at radius 2 is 2.00 bits per heavy atom. The fourth-order valence-corrected chi connectivity index (χ4v) is 2.04. The van der Waals surface area contributed by atoms with Crippen LogP contribution in [0.3, 0.4) is 0 Å². The second-order valence-electron chi connectivity index (χ2n) is 4.08. The van der Waals surface area contributed by atoms with Gasteiger partial charge >= 0.3 is 0 Å². The van der Waals surface area contributed by atoms with Crippen LogP contribution >= 0.6 is 0 Å². The summed E-state index contributed by atoms with van der Waals surface area (Å²) in [6, 6.07) is 0. The molecule has 0 radical (unpaired) electrons. The summed E-state index contributed by atoms with van der Waals surface area (Å²) in [4.78, 5) is 13.1. The molecule has 0 aromatic carbocycles. The molecule has 0 aromatic rings. The second kappa shape index (κ2) is 3.27. The first-order valence-corrected chi connectivity index (χ1v) is 4.81. The number of piperidine rings is 1. The molecule has 4 heteroatoms. The van der Waals surface area contributed by atoms with Gasteiger partial charge in [0.05, 0.1) is 19.8 Å². The third kappa shape index (κ3) is 1.56. The van der Waals surface area contributed by atoms with E-state index in [9.17, 15) is 4.79 Å². The van der Waals surface area contributed by atoms with Crippen LogP contribution in [0.1, 0.15) is 12.8 Å². The van der Waals surface area contributed by atoms with Crippen LogP contribution in [0, 0.1) is 5.41 Å². The maximum Gasteiger partial charge on any atom is 0.236 e. The van der Waals surface area contributed by atoms with Gasteiger partial charge in [0.25, 0.3) is 0 Å². The molecule has 74 valence electrons. The van der Waals surface area contributed by atoms with Crippen molar-refractivity contribution < 1.29 is 9.53 Å². The summed E-state index contributed by atoms with van der Waals surface area (Å²) in [7, 11) is 0. The van der Waals surface area contributed by atoms with Crippen LogP contribution in [0.5, 0.6) is 0 Å². The number of ether oxygens (including phenoxy) is 1. The van der Waals surface area contributed by atoms with E-state index in [1.54, 1.807) is 0 Å². The highest BCUT2D eigenvalue weighted by Crippen LogP contribution is 2.38. The predicted octanol–water partition coefficient (Wildman–Crippen LogP) is -0.416. The first kappa shape index (κ1) is 8.97. The Morgan fingerprint density at radius 1 is 1.38 bits per heavy atom. The van der Waals surface area contributed by atoms with E-state index in [2.05, 4.69) is 0 Å². The lowest BCUT2D eigenvalue weighted by atomic mass is 9.77. The Balaban J connectivity index is 1.85. The topological polar surface area (TPSA) is 55.6 Å². The molecule has 0 aromatic heterocycles. The summed E-state index contributed by atoms with van der Waals surface area (Å²) >= 11 is 0. The SMILES string of the molecule is NCC(=O)N1CCC2(CC1)COC2. The zero-order valence-electron chi connectivity index (χ0n) is 7.79. The molecule has 2 heterocycles. The Labute approximate surface area is 78.0 Å². The van der Waals surface area contributed by atoms with Crippen LogP contribution in [0.4, 0.5) is 0 Å². The van der Waals surface area contributed by atoms with Gasteiger partial charge in [0.1, 0.15) is 0 Å². The van der Waals surface area contributed by atoms with Gasteiger partial charge < -0.3 is 15.4 Å². The average Bonchev–Trinajstić information content (AvgIpc) is 2.14. The van der Waals surface area contributed by atoms with Gasteiger partial charge in [-0.2, -0.15) is 0 Å². The van der Waals surface area contributed by atoms with E-state index in [4.69, 9.17) is 10.5 Å². The zero-order valence-corrected chi connectivity index (χ0v) is 7.79. The molecule has 0 aliphatic carbocycles. The van der Waals surface area contributed by atoms with Crippen molar-refractivity contribution in [3.63, 3.8) is 0 Å². The summed E-state index contributed by atoms with van der Waals surface area (Å²) in [5.74, 6) is 0.0788. The van der Waals surface area contributed by atoms with Crippen LogP contribution in [0.15, 0.2) is 0 Å². The summed E-state index contributed by atoms with van der Waals surface area (Å²) < 4.78 is 5.21. The molecule has 2 N–H and O–H groups in total. The largest absolute Gasteiger partial charge is 0.380 e. The summed E-state index contributed by atoms with van der Waals surface area (Å²) in [5.41, 5.74) is 5.71. The van der Waals surface area contributed by atoms with Crippen LogP contribution in [0.25, 0.3) is 0 Å². The van der Waals surface area contributed by atoms with E-state index >= 15 is 0 Å². The van der Waals surface area contributed by atoms with Gasteiger partial charge in [0.15, 0.2) is 0 Å². The van der Waals surface area contributed by atoms with Gasteiger partial charge in [-0.3, -0.25) is 4.79 Å². The van der Waals surface area contributed by atoms with Crippen molar-refractivity contribution in [3.8, 4) is 0 Å². The van der Waals surface area contributed by atoms with E-state index in [-0.39, 0.29) is 12.5 Å². The number of rotatable bonds is 1. The van der Waals surface area contributed by atoms with Gasteiger partial charge in [0, 0.05) is 18.5 Å². The lowest BCUT2D eigenvalue weighted by Gasteiger charge is -2.47. The molecule has 0 bridgehead atoms. The molecular weight excluding hydrogens is 168 g/mol. The minimum atomic E-state index is 0.0788. The average molecular weight is 184 g/mol. The van der Waals surface area contributed by atoms with E-state index in [1.165, 1.54) is 0 Å². The quantitative estimate of drug-likeness (QED) is 0.602. The molecule has 2 saturated heterocycles. The number of hydrogen-bond acceptors (Lipinski definition) is 3. The Bertz CT molecular complexity index is 204. The molecule has 1 amide bonds. The third-order valence-electron chi connectivity index (χ3n) is 3.17. The van der Waals surface area contributed by atoms with Crippen molar-refractivity contribution >= 4 is 5.91 Å². The molecule has 0 unspecified atom stereocenters. The number of nitrogens with zero attached hydrogens (tertiary/aromatic N) is 1. The van der Waals surface area contributed by atoms with Gasteiger partial charge in [-0.25, -0.2) is 0 Å². The van der Waals surface area contributed by atoms with Crippen molar-refractivity contribution in [2.45, 2.75) is 12.8 Å². The Kier molecular flexibility index (Phi) is 2.26. The fourth-order valence-electron chi connectivity index (χ4n) is 2.04. The highest BCUT2D eigenvalue weighted by Gasteiger charge is 2.41. The fraction of sp³-hybridized carbons (Fsp3) is 0.889. The maximum atomic E-state index is 11.3. The van der Waals surface area contributed by atoms with Gasteiger partial charge in [-0.1, -0.05) is 0 Å². The van der Waals surface area contributed by atoms with Crippen molar-refractivity contribution in [2.24, 2.45) is 11.1 Å². The molecule has 13 heavy (non-hydrogen) atoms. The van der Waals surface area contributed by atoms with Crippen LogP contribution in [0.2, 0.25) is 0 Å². The minimum Gasteiger partial charge on any atom is -0.380 e. The van der Waals surface area contributed by atoms with E-state index < -0.39 is 0 Å². The molecule has 0 atom stereocenters. The molecular formula is C9H16N2O2. The maximum absolute atomic E-state index is 11.3. The van der Waals surface area contributed by atoms with Crippen molar-refractivity contribution in [3.05, 3.63) is 0 Å². The predicted molar refractivity (Wildman–Crippen MR) is 48.1 cm³/mol. The third-order valence-corrected chi connectivity index (χ3v) is 3.17. The Hall–Kier alpha value is -0.610. The molecule has 2 fully saturated rings. The standard InChI is InChI=1S/C9H16N2O2/c10-5-8(12)11-3-1-9(2-4-11)6-13-7-9/h1-7,10H2. The number of nitrogens with two attached hydrogens (primary N) is 1.